The third kappa shape index (κ3) is 7.34. The van der Waals surface area contributed by atoms with Crippen LogP contribution >= 0.6 is 24.0 Å². The average molecular weight is 461 g/mol. The van der Waals surface area contributed by atoms with Crippen molar-refractivity contribution >= 4 is 50.6 Å². The molecule has 0 bridgehead atoms. The molecule has 28 heavy (non-hydrogen) atoms. The molecule has 0 radical (unpaired) electrons. The minimum atomic E-state index is -5.14. The summed E-state index contributed by atoms with van der Waals surface area (Å²) in [6.45, 7) is -1.04. The van der Waals surface area contributed by atoms with Gasteiger partial charge in [-0.3, -0.25) is 19.0 Å². The number of nitrogens with zero attached hydrogens (tertiary/aromatic N) is 1. The Labute approximate surface area is 169 Å². The first-order valence-electron chi connectivity index (χ1n) is 7.65. The zero-order valence-corrected chi connectivity index (χ0v) is 16.6. The van der Waals surface area contributed by atoms with Gasteiger partial charge in [0.25, 0.3) is 5.91 Å². The van der Waals surface area contributed by atoms with Gasteiger partial charge in [-0.05, 0) is 12.5 Å². The zero-order chi connectivity index (χ0) is 21.6. The van der Waals surface area contributed by atoms with E-state index in [9.17, 15) is 33.3 Å². The van der Waals surface area contributed by atoms with Gasteiger partial charge in [-0.25, -0.2) is 4.18 Å². The van der Waals surface area contributed by atoms with Gasteiger partial charge >= 0.3 is 16.4 Å². The van der Waals surface area contributed by atoms with E-state index < -0.39 is 53.3 Å². The Morgan fingerprint density at radius 1 is 1.32 bits per heavy atom. The molecule has 0 spiro atoms. The quantitative estimate of drug-likeness (QED) is 0.111. The molecule has 6 N–H and O–H groups in total. The van der Waals surface area contributed by atoms with Crippen molar-refractivity contribution < 1.29 is 52.3 Å². The maximum Gasteiger partial charge on any atom is 0.397 e. The number of hydrogen-bond donors (Lipinski definition) is 6. The molecule has 0 saturated carbocycles. The van der Waals surface area contributed by atoms with Crippen LogP contribution in [0.4, 0.5) is 0 Å². The number of thiocarbonyl (C=S) groups is 1. The van der Waals surface area contributed by atoms with Crippen molar-refractivity contribution in [3.63, 3.8) is 0 Å². The van der Waals surface area contributed by atoms with Crippen LogP contribution in [0, 0.1) is 0 Å². The lowest BCUT2D eigenvalue weighted by Crippen LogP contribution is -2.48. The normalized spacial score (nSPS) is 21.0. The molecular formula is C13H19NO11S3. The molecule has 0 aromatic heterocycles. The molecule has 0 aromatic carbocycles. The van der Waals surface area contributed by atoms with Gasteiger partial charge in [0, 0.05) is 13.0 Å². The van der Waals surface area contributed by atoms with Crippen molar-refractivity contribution in [3.8, 4) is 0 Å². The van der Waals surface area contributed by atoms with Gasteiger partial charge in [0.2, 0.25) is 0 Å². The van der Waals surface area contributed by atoms with Gasteiger partial charge in [-0.1, -0.05) is 24.0 Å². The molecule has 1 aliphatic heterocycles. The minimum Gasteiger partial charge on any atom is -0.481 e. The number of aliphatic hydroxyl groups excluding tert-OH is 4. The van der Waals surface area contributed by atoms with E-state index in [1.165, 1.54) is 0 Å². The Morgan fingerprint density at radius 3 is 2.43 bits per heavy atom. The van der Waals surface area contributed by atoms with Crippen molar-refractivity contribution in [1.29, 1.82) is 0 Å². The van der Waals surface area contributed by atoms with Crippen LogP contribution in [0.3, 0.4) is 0 Å². The molecule has 1 unspecified atom stereocenters. The number of aliphatic hydroxyl groups is 4. The standard InChI is InChI=1S/C13H19NO11S3/c15-5-7(17)11(25-28(22,23)24)10(20)6(16)4-8-12(21)14(13(26)27-8)3-1-2-9(18)19/h4,6-7,10-11,15-17,20H,1-3,5H2,(H,18,19)(H,22,23,24)/b8-4-/t6-,7+,10+,11?/m0/s1. The van der Waals surface area contributed by atoms with Crippen molar-refractivity contribution in [2.24, 2.45) is 0 Å². The molecule has 0 aliphatic carbocycles. The molecule has 1 rings (SSSR count). The molecule has 1 aliphatic rings. The van der Waals surface area contributed by atoms with Crippen molar-refractivity contribution in [2.45, 2.75) is 37.3 Å². The summed E-state index contributed by atoms with van der Waals surface area (Å²) in [7, 11) is -5.14. The Balaban J connectivity index is 2.91. The van der Waals surface area contributed by atoms with E-state index in [1.54, 1.807) is 0 Å². The lowest BCUT2D eigenvalue weighted by molar-refractivity contribution is -0.137. The third-order valence-electron chi connectivity index (χ3n) is 3.45. The summed E-state index contributed by atoms with van der Waals surface area (Å²) in [5, 5.41) is 47.2. The summed E-state index contributed by atoms with van der Waals surface area (Å²) in [5.74, 6) is -1.71. The second kappa shape index (κ2) is 10.6. The predicted molar refractivity (Wildman–Crippen MR) is 98.4 cm³/mol. The molecule has 1 heterocycles. The van der Waals surface area contributed by atoms with Crippen molar-refractivity contribution in [1.82, 2.24) is 4.90 Å². The number of hydrogen-bond acceptors (Lipinski definition) is 11. The molecule has 1 fully saturated rings. The van der Waals surface area contributed by atoms with Crippen LogP contribution in [0.25, 0.3) is 0 Å². The first-order chi connectivity index (χ1) is 12.9. The van der Waals surface area contributed by atoms with Gasteiger partial charge in [0.05, 0.1) is 11.5 Å². The number of carboxylic acid groups (broad SMARTS) is 1. The topological polar surface area (TPSA) is 202 Å². The molecule has 4 atom stereocenters. The number of amides is 1. The average Bonchev–Trinajstić information content (AvgIpc) is 2.84. The number of rotatable bonds is 11. The second-order valence-electron chi connectivity index (χ2n) is 5.57. The highest BCUT2D eigenvalue weighted by Gasteiger charge is 2.38. The van der Waals surface area contributed by atoms with Gasteiger partial charge in [-0.2, -0.15) is 8.42 Å². The van der Waals surface area contributed by atoms with Gasteiger partial charge in [0.15, 0.2) is 0 Å². The Bertz CT molecular complexity index is 738. The molecule has 12 nitrogen and oxygen atoms in total. The second-order valence-corrected chi connectivity index (χ2v) is 8.30. The van der Waals surface area contributed by atoms with Crippen LogP contribution in [0.2, 0.25) is 0 Å². The number of carbonyl (C=O) groups is 2. The highest BCUT2D eigenvalue weighted by Crippen LogP contribution is 2.32. The molecule has 0 aromatic rings. The maximum absolute atomic E-state index is 12.3. The predicted octanol–water partition coefficient (Wildman–Crippen LogP) is -2.14. The van der Waals surface area contributed by atoms with E-state index in [2.05, 4.69) is 4.18 Å². The maximum atomic E-state index is 12.3. The van der Waals surface area contributed by atoms with Crippen LogP contribution in [0.5, 0.6) is 0 Å². The molecule has 1 amide bonds. The highest BCUT2D eigenvalue weighted by molar-refractivity contribution is 8.26. The summed E-state index contributed by atoms with van der Waals surface area (Å²) in [5.41, 5.74) is 0. The SMILES string of the molecule is O=C(O)CCCN1C(=O)/C(=C/[C@H](O)[C@@H](O)C(OS(=O)(=O)O)[C@H](O)CO)SC1=S. The first-order valence-corrected chi connectivity index (χ1v) is 10.2. The molecule has 160 valence electrons. The fourth-order valence-electron chi connectivity index (χ4n) is 2.14. The van der Waals surface area contributed by atoms with Crippen LogP contribution < -0.4 is 0 Å². The first kappa shape index (κ1) is 24.9. The largest absolute Gasteiger partial charge is 0.481 e. The van der Waals surface area contributed by atoms with E-state index in [0.29, 0.717) is 0 Å². The lowest BCUT2D eigenvalue weighted by atomic mass is 10.0. The van der Waals surface area contributed by atoms with E-state index in [1.807, 2.05) is 0 Å². The third-order valence-corrected chi connectivity index (χ3v) is 5.32. The summed E-state index contributed by atoms with van der Waals surface area (Å²) < 4.78 is 34.5. The summed E-state index contributed by atoms with van der Waals surface area (Å²) >= 11 is 5.76. The Hall–Kier alpha value is -1.17. The zero-order valence-electron chi connectivity index (χ0n) is 14.1. The number of carboxylic acids is 1. The Kier molecular flexibility index (Phi) is 9.38. The highest BCUT2D eigenvalue weighted by atomic mass is 32.3. The summed E-state index contributed by atoms with van der Waals surface area (Å²) in [6, 6.07) is 0. The van der Waals surface area contributed by atoms with Crippen LogP contribution in [-0.4, -0.2) is 97.2 Å². The fourth-order valence-corrected chi connectivity index (χ4v) is 3.98. The summed E-state index contributed by atoms with van der Waals surface area (Å²) in [4.78, 5) is 23.8. The van der Waals surface area contributed by atoms with E-state index in [4.69, 9.17) is 27.0 Å². The smallest absolute Gasteiger partial charge is 0.397 e. The monoisotopic (exact) mass is 461 g/mol. The summed E-state index contributed by atoms with van der Waals surface area (Å²) in [6.07, 6.45) is -7.43. The number of thioether (sulfide) groups is 1. The van der Waals surface area contributed by atoms with Gasteiger partial charge < -0.3 is 25.5 Å². The van der Waals surface area contributed by atoms with Crippen LogP contribution in [0.1, 0.15) is 12.8 Å². The van der Waals surface area contributed by atoms with E-state index in [-0.39, 0.29) is 28.6 Å². The molecule has 1 saturated heterocycles. The Morgan fingerprint density at radius 2 is 1.93 bits per heavy atom. The van der Waals surface area contributed by atoms with Crippen molar-refractivity contribution in [3.05, 3.63) is 11.0 Å². The molecular weight excluding hydrogens is 442 g/mol. The van der Waals surface area contributed by atoms with Gasteiger partial charge in [0.1, 0.15) is 28.7 Å². The minimum absolute atomic E-state index is 0.0185. The fraction of sp³-hybridized carbons (Fsp3) is 0.615. The van der Waals surface area contributed by atoms with Gasteiger partial charge in [-0.15, -0.1) is 0 Å². The van der Waals surface area contributed by atoms with E-state index >= 15 is 0 Å². The lowest BCUT2D eigenvalue weighted by Gasteiger charge is -2.27. The van der Waals surface area contributed by atoms with Crippen molar-refractivity contribution in [2.75, 3.05) is 13.2 Å². The number of carbonyl (C=O) groups excluding carboxylic acids is 1. The number of aliphatic carboxylic acids is 1. The van der Waals surface area contributed by atoms with Crippen LogP contribution in [-0.2, 0) is 24.2 Å². The van der Waals surface area contributed by atoms with E-state index in [0.717, 1.165) is 22.7 Å². The van der Waals surface area contributed by atoms with Crippen LogP contribution in [0.15, 0.2) is 11.0 Å². The molecule has 15 heteroatoms.